The molecule has 1 amide bonds. The van der Waals surface area contributed by atoms with Crippen LogP contribution in [0.25, 0.3) is 0 Å². The molecule has 0 aliphatic carbocycles. The fraction of sp³-hybridized carbons (Fsp3) is 0.636. The van der Waals surface area contributed by atoms with Gasteiger partial charge in [-0.05, 0) is 20.8 Å². The molecule has 0 spiro atoms. The molecule has 0 fully saturated rings. The Balaban J connectivity index is 2.07. The standard InChI is InChI=1S/C11H17N3O3/c1-11(2,3)17-10(16)13-4-5-14-8(7-13)6-9(15)12-14/h6H,4-5,7H2,1-3H3,(H,12,15). The molecule has 1 aliphatic heterocycles. The molecule has 1 aliphatic rings. The van der Waals surface area contributed by atoms with Crippen LogP contribution in [0.4, 0.5) is 4.79 Å². The maximum Gasteiger partial charge on any atom is 0.410 e. The zero-order chi connectivity index (χ0) is 12.6. The van der Waals surface area contributed by atoms with Crippen LogP contribution in [0.1, 0.15) is 26.5 Å². The normalized spacial score (nSPS) is 15.6. The predicted molar refractivity (Wildman–Crippen MR) is 61.7 cm³/mol. The Hall–Kier alpha value is -1.72. The van der Waals surface area contributed by atoms with Gasteiger partial charge in [0.2, 0.25) is 0 Å². The highest BCUT2D eigenvalue weighted by Gasteiger charge is 2.25. The van der Waals surface area contributed by atoms with Gasteiger partial charge in [-0.15, -0.1) is 0 Å². The van der Waals surface area contributed by atoms with E-state index in [9.17, 15) is 9.59 Å². The molecule has 94 valence electrons. The number of aromatic nitrogens is 2. The molecule has 6 nitrogen and oxygen atoms in total. The number of rotatable bonds is 0. The van der Waals surface area contributed by atoms with Gasteiger partial charge < -0.3 is 9.64 Å². The summed E-state index contributed by atoms with van der Waals surface area (Å²) in [6.45, 7) is 7.06. The predicted octanol–water partition coefficient (Wildman–Crippen LogP) is 0.927. The van der Waals surface area contributed by atoms with Gasteiger partial charge in [0.25, 0.3) is 5.56 Å². The smallest absolute Gasteiger partial charge is 0.410 e. The molecule has 0 bridgehead atoms. The average Bonchev–Trinajstić information content (AvgIpc) is 2.53. The van der Waals surface area contributed by atoms with E-state index in [4.69, 9.17) is 4.74 Å². The van der Waals surface area contributed by atoms with E-state index in [0.29, 0.717) is 19.6 Å². The lowest BCUT2D eigenvalue weighted by Gasteiger charge is -2.30. The minimum absolute atomic E-state index is 0.133. The summed E-state index contributed by atoms with van der Waals surface area (Å²) >= 11 is 0. The van der Waals surface area contributed by atoms with Crippen molar-refractivity contribution < 1.29 is 9.53 Å². The molecule has 17 heavy (non-hydrogen) atoms. The summed E-state index contributed by atoms with van der Waals surface area (Å²) < 4.78 is 7.06. The van der Waals surface area contributed by atoms with E-state index in [-0.39, 0.29) is 11.7 Å². The Bertz CT molecular complexity index is 481. The zero-order valence-electron chi connectivity index (χ0n) is 10.3. The van der Waals surface area contributed by atoms with Gasteiger partial charge in [-0.1, -0.05) is 0 Å². The van der Waals surface area contributed by atoms with Crippen LogP contribution >= 0.6 is 0 Å². The molecule has 0 saturated carbocycles. The lowest BCUT2D eigenvalue weighted by Crippen LogP contribution is -2.41. The van der Waals surface area contributed by atoms with Gasteiger partial charge in [-0.25, -0.2) is 4.79 Å². The van der Waals surface area contributed by atoms with Crippen molar-refractivity contribution in [1.29, 1.82) is 0 Å². The van der Waals surface area contributed by atoms with Gasteiger partial charge >= 0.3 is 6.09 Å². The number of fused-ring (bicyclic) bond motifs is 1. The molecular formula is C11H17N3O3. The van der Waals surface area contributed by atoms with E-state index in [1.807, 2.05) is 20.8 Å². The van der Waals surface area contributed by atoms with Gasteiger partial charge in [0.1, 0.15) is 5.60 Å². The maximum atomic E-state index is 11.8. The van der Waals surface area contributed by atoms with E-state index in [1.165, 1.54) is 6.07 Å². The van der Waals surface area contributed by atoms with Crippen LogP contribution in [0.2, 0.25) is 0 Å². The number of nitrogens with zero attached hydrogens (tertiary/aromatic N) is 2. The van der Waals surface area contributed by atoms with E-state index >= 15 is 0 Å². The minimum Gasteiger partial charge on any atom is -0.444 e. The monoisotopic (exact) mass is 239 g/mol. The Morgan fingerprint density at radius 3 is 2.76 bits per heavy atom. The highest BCUT2D eigenvalue weighted by molar-refractivity contribution is 5.68. The van der Waals surface area contributed by atoms with Crippen molar-refractivity contribution in [2.24, 2.45) is 0 Å². The van der Waals surface area contributed by atoms with Gasteiger partial charge in [-0.3, -0.25) is 14.6 Å². The first-order valence-electron chi connectivity index (χ1n) is 5.62. The first-order valence-corrected chi connectivity index (χ1v) is 5.62. The summed E-state index contributed by atoms with van der Waals surface area (Å²) in [7, 11) is 0. The molecule has 6 heteroatoms. The summed E-state index contributed by atoms with van der Waals surface area (Å²) in [5.41, 5.74) is 0.185. The first kappa shape index (κ1) is 11.8. The first-order chi connectivity index (χ1) is 7.85. The van der Waals surface area contributed by atoms with Gasteiger partial charge in [0.15, 0.2) is 0 Å². The van der Waals surface area contributed by atoms with Crippen LogP contribution in [0.5, 0.6) is 0 Å². The molecular weight excluding hydrogens is 222 g/mol. The second kappa shape index (κ2) is 3.94. The highest BCUT2D eigenvalue weighted by Crippen LogP contribution is 2.14. The highest BCUT2D eigenvalue weighted by atomic mass is 16.6. The van der Waals surface area contributed by atoms with Gasteiger partial charge in [0, 0.05) is 12.6 Å². The molecule has 0 atom stereocenters. The average molecular weight is 239 g/mol. The van der Waals surface area contributed by atoms with Gasteiger partial charge in [0.05, 0.1) is 18.8 Å². The van der Waals surface area contributed by atoms with Crippen molar-refractivity contribution in [2.45, 2.75) is 39.5 Å². The van der Waals surface area contributed by atoms with Crippen LogP contribution in [0, 0.1) is 0 Å². The summed E-state index contributed by atoms with van der Waals surface area (Å²) in [5, 5.41) is 2.69. The van der Waals surface area contributed by atoms with Crippen molar-refractivity contribution in [2.75, 3.05) is 6.54 Å². The number of aromatic amines is 1. The number of amides is 1. The molecule has 1 aromatic heterocycles. The lowest BCUT2D eigenvalue weighted by atomic mass is 10.2. The topological polar surface area (TPSA) is 67.3 Å². The molecule has 0 radical (unpaired) electrons. The molecule has 1 N–H and O–H groups in total. The quantitative estimate of drug-likeness (QED) is 0.732. The third-order valence-electron chi connectivity index (χ3n) is 2.49. The van der Waals surface area contributed by atoms with E-state index in [1.54, 1.807) is 9.58 Å². The summed E-state index contributed by atoms with van der Waals surface area (Å²) in [4.78, 5) is 24.6. The number of hydrogen-bond acceptors (Lipinski definition) is 3. The fourth-order valence-corrected chi connectivity index (χ4v) is 1.77. The number of nitrogens with one attached hydrogen (secondary N) is 1. The van der Waals surface area contributed by atoms with E-state index in [2.05, 4.69) is 5.10 Å². The zero-order valence-corrected chi connectivity index (χ0v) is 10.3. The molecule has 0 saturated heterocycles. The van der Waals surface area contributed by atoms with E-state index in [0.717, 1.165) is 5.69 Å². The molecule has 0 unspecified atom stereocenters. The number of H-pyrrole nitrogens is 1. The summed E-state index contributed by atoms with van der Waals surface area (Å²) in [5.74, 6) is 0. The van der Waals surface area contributed by atoms with Crippen LogP contribution in [0.15, 0.2) is 10.9 Å². The van der Waals surface area contributed by atoms with Crippen LogP contribution < -0.4 is 5.56 Å². The van der Waals surface area contributed by atoms with Crippen molar-refractivity contribution >= 4 is 6.09 Å². The maximum absolute atomic E-state index is 11.8. The van der Waals surface area contributed by atoms with Crippen LogP contribution in [0.3, 0.4) is 0 Å². The van der Waals surface area contributed by atoms with Gasteiger partial charge in [-0.2, -0.15) is 0 Å². The van der Waals surface area contributed by atoms with Crippen LogP contribution in [-0.4, -0.2) is 32.9 Å². The second-order valence-corrected chi connectivity index (χ2v) is 5.17. The Morgan fingerprint density at radius 2 is 2.12 bits per heavy atom. The Kier molecular flexibility index (Phi) is 2.73. The minimum atomic E-state index is -0.494. The Morgan fingerprint density at radius 1 is 1.41 bits per heavy atom. The molecule has 2 rings (SSSR count). The van der Waals surface area contributed by atoms with Crippen molar-refractivity contribution in [3.63, 3.8) is 0 Å². The molecule has 1 aromatic rings. The summed E-state index contributed by atoms with van der Waals surface area (Å²) in [6.07, 6.45) is -0.336. The van der Waals surface area contributed by atoms with Crippen LogP contribution in [-0.2, 0) is 17.8 Å². The Labute approximate surface area is 99.1 Å². The summed E-state index contributed by atoms with van der Waals surface area (Å²) in [6, 6.07) is 1.51. The van der Waals surface area contributed by atoms with Crippen molar-refractivity contribution in [3.8, 4) is 0 Å². The number of carbonyl (C=O) groups excluding carboxylic acids is 1. The van der Waals surface area contributed by atoms with E-state index < -0.39 is 5.60 Å². The van der Waals surface area contributed by atoms with Crippen molar-refractivity contribution in [1.82, 2.24) is 14.7 Å². The number of ether oxygens (including phenoxy) is 1. The molecule has 0 aromatic carbocycles. The third-order valence-corrected chi connectivity index (χ3v) is 2.49. The number of hydrogen-bond donors (Lipinski definition) is 1. The fourth-order valence-electron chi connectivity index (χ4n) is 1.77. The SMILES string of the molecule is CC(C)(C)OC(=O)N1CCn2[nH]c(=O)cc2C1. The van der Waals surface area contributed by atoms with Crippen molar-refractivity contribution in [3.05, 3.63) is 22.1 Å². The largest absolute Gasteiger partial charge is 0.444 e. The molecule has 2 heterocycles. The number of carbonyl (C=O) groups is 1. The third kappa shape index (κ3) is 2.69. The lowest BCUT2D eigenvalue weighted by molar-refractivity contribution is 0.0194. The second-order valence-electron chi connectivity index (χ2n) is 5.17.